The van der Waals surface area contributed by atoms with Crippen molar-refractivity contribution in [3.63, 3.8) is 0 Å². The molecule has 0 aliphatic carbocycles. The van der Waals surface area contributed by atoms with Crippen LogP contribution in [0.25, 0.3) is 0 Å². The molecule has 12 nitrogen and oxygen atoms in total. The Kier molecular flexibility index (Phi) is 53.1. The fraction of sp³-hybridized carbons (Fsp3) is 0.938. The number of cyclic esters (lactones) is 2. The summed E-state index contributed by atoms with van der Waals surface area (Å²) in [6.07, 6.45) is 16.6. The average molecular weight is 1420 g/mol. The maximum Gasteiger partial charge on any atom is 0.337 e. The Hall–Kier alpha value is 1.38. The van der Waals surface area contributed by atoms with Crippen molar-refractivity contribution in [1.29, 1.82) is 0 Å². The molecule has 0 spiro atoms. The van der Waals surface area contributed by atoms with Gasteiger partial charge in [-0.1, -0.05) is 54.5 Å². The van der Waals surface area contributed by atoms with Crippen LogP contribution in [-0.2, 0) is 47.8 Å². The van der Waals surface area contributed by atoms with Gasteiger partial charge >= 0.3 is 11.9 Å². The third-order valence-corrected chi connectivity index (χ3v) is 29.5. The smallest absolute Gasteiger partial charge is 0.337 e. The zero-order valence-corrected chi connectivity index (χ0v) is 65.4. The summed E-state index contributed by atoms with van der Waals surface area (Å²) in [4.78, 5) is 25.5. The highest BCUT2D eigenvalue weighted by Crippen LogP contribution is 2.31. The number of ether oxygens (including phenoxy) is 6. The zero-order valence-electron chi connectivity index (χ0n) is 57.3. The Bertz CT molecular complexity index is 1660. The topological polar surface area (TPSA) is 130 Å². The molecule has 0 aromatic heterocycles. The SMILES string of the molecule is C=C1SCCN1C.CC1CCCCS1.CC1CCCO1.CC1CCCS1.CC1CCCS1(=O)=O.CC1CCOC1.CC1CCOCC1.CC1CCSC1.CC1CSC1.CC1OC(=O)C(C)O1.CC1OC(=O)C(C)S1.CC1SCCN1C.CC1SCCS1. The van der Waals surface area contributed by atoms with E-state index < -0.39 is 9.84 Å². The van der Waals surface area contributed by atoms with Gasteiger partial charge in [0.25, 0.3) is 0 Å². The minimum Gasteiger partial charge on any atom is -0.451 e. The summed E-state index contributed by atoms with van der Waals surface area (Å²) < 4.78 is 52.1. The van der Waals surface area contributed by atoms with Crippen LogP contribution in [-0.4, -0.2) is 209 Å². The van der Waals surface area contributed by atoms with E-state index in [4.69, 9.17) is 23.7 Å². The second-order valence-corrected chi connectivity index (χ2v) is 39.8. The lowest BCUT2D eigenvalue weighted by Crippen LogP contribution is -2.19. The van der Waals surface area contributed by atoms with Gasteiger partial charge in [0, 0.05) is 91.3 Å². The Morgan fingerprint density at radius 1 is 0.529 bits per heavy atom. The second kappa shape index (κ2) is 53.5. The molecule has 87 heavy (non-hydrogen) atoms. The van der Waals surface area contributed by atoms with Crippen molar-refractivity contribution < 1.29 is 46.4 Å². The summed E-state index contributed by atoms with van der Waals surface area (Å²) in [5, 5.41) is 3.87. The van der Waals surface area contributed by atoms with Crippen LogP contribution in [0.1, 0.15) is 180 Å². The Balaban J connectivity index is 0.000000472. The fourth-order valence-corrected chi connectivity index (χ4v) is 19.7. The normalized spacial score (nSPS) is 32.1. The number of esters is 2. The Morgan fingerprint density at radius 3 is 1.31 bits per heavy atom. The monoisotopic (exact) mass is 1410 g/mol. The number of nitrogens with zero attached hydrogens (tertiary/aromatic N) is 2. The first-order chi connectivity index (χ1) is 41.3. The number of thioether (sulfide) groups is 9. The molecule has 0 N–H and O–H groups in total. The highest BCUT2D eigenvalue weighted by atomic mass is 32.2. The van der Waals surface area contributed by atoms with Gasteiger partial charge in [-0.15, -0.1) is 58.8 Å². The molecule has 0 aromatic carbocycles. The molecule has 13 aliphatic rings. The quantitative estimate of drug-likeness (QED) is 0.213. The molecule has 0 saturated carbocycles. The van der Waals surface area contributed by atoms with Crippen molar-refractivity contribution in [2.24, 2.45) is 23.7 Å². The largest absolute Gasteiger partial charge is 0.451 e. The maximum atomic E-state index is 10.8. The van der Waals surface area contributed by atoms with E-state index in [1.165, 1.54) is 146 Å². The highest BCUT2D eigenvalue weighted by molar-refractivity contribution is 8.20. The molecule has 0 amide bonds. The van der Waals surface area contributed by atoms with Gasteiger partial charge in [0.1, 0.15) is 10.7 Å². The molecule has 22 heteroatoms. The van der Waals surface area contributed by atoms with Crippen molar-refractivity contribution in [1.82, 2.24) is 9.80 Å². The number of sulfone groups is 1. The van der Waals surface area contributed by atoms with E-state index >= 15 is 0 Å². The Morgan fingerprint density at radius 2 is 1.15 bits per heavy atom. The predicted molar refractivity (Wildman–Crippen MR) is 397 cm³/mol. The van der Waals surface area contributed by atoms with Crippen molar-refractivity contribution in [2.45, 2.75) is 235 Å². The molecule has 13 saturated heterocycles. The van der Waals surface area contributed by atoms with Gasteiger partial charge in [0.15, 0.2) is 15.9 Å². The van der Waals surface area contributed by atoms with Gasteiger partial charge in [-0.2, -0.15) is 47.0 Å². The fourth-order valence-electron chi connectivity index (χ4n) is 8.75. The predicted octanol–water partition coefficient (Wildman–Crippen LogP) is 16.8. The standard InChI is InChI=1S/C6H12O.C6H12S.C5H11NS.C5H9NS.C5H8O3.C5H10O2S.C5H8O2S.2C5H10O.2C5H10S.C4H8S2.C4H8S/c1-6-2-4-7-5-3-6;1-6-4-2-3-5-7-6;2*1-5-6(2)3-4-7-5;1-3-5(6)8-4(2)7-3;1-5-3-2-4-8(5,6)7;1-3-5(6)7-4(2)8-3;1-5-2-3-6-4-5;1-5-3-2-4-6-5;1-5-2-3-6-4-5;1-5-3-2-4-6-5;1-4-5-2-3-6-4;1-4-2-5-3-4/h2*6H,2-5H2,1H3;5H,3-4H2,1-2H3;1,3-4H2,2H3;3-4H,1-2H3;5H,2-4H2,1H3;3-4H,1-2H3;4*5H,2-4H2,1H3;4H,2-3H2,1H3;4H,2-3H2,1H3. The van der Waals surface area contributed by atoms with E-state index in [-0.39, 0.29) is 40.3 Å². The highest BCUT2D eigenvalue weighted by Gasteiger charge is 2.29. The number of hydrogen-bond donors (Lipinski definition) is 0. The molecule has 13 heterocycles. The first-order valence-corrected chi connectivity index (χ1v) is 44.2. The minimum absolute atomic E-state index is 0.0463. The van der Waals surface area contributed by atoms with Crippen LogP contribution >= 0.6 is 106 Å². The van der Waals surface area contributed by atoms with Crippen molar-refractivity contribution >= 4 is 128 Å². The van der Waals surface area contributed by atoms with Gasteiger partial charge in [-0.25, -0.2) is 13.2 Å². The molecule has 11 atom stereocenters. The second-order valence-electron chi connectivity index (χ2n) is 24.5. The van der Waals surface area contributed by atoms with Crippen molar-refractivity contribution in [3.05, 3.63) is 11.6 Å². The number of carbonyl (C=O) groups is 2. The molecule has 0 bridgehead atoms. The molecule has 11 unspecified atom stereocenters. The van der Waals surface area contributed by atoms with E-state index in [1.54, 1.807) is 32.5 Å². The summed E-state index contributed by atoms with van der Waals surface area (Å²) in [6.45, 7) is 40.4. The van der Waals surface area contributed by atoms with Crippen LogP contribution in [0.2, 0.25) is 0 Å². The van der Waals surface area contributed by atoms with Gasteiger partial charge in [0.2, 0.25) is 6.29 Å². The van der Waals surface area contributed by atoms with Gasteiger partial charge in [0.05, 0.1) is 27.5 Å². The molecule has 13 rings (SSSR count). The van der Waals surface area contributed by atoms with E-state index in [9.17, 15) is 18.0 Å². The zero-order chi connectivity index (χ0) is 65.0. The van der Waals surface area contributed by atoms with Crippen LogP contribution in [0.15, 0.2) is 11.6 Å². The third kappa shape index (κ3) is 47.8. The van der Waals surface area contributed by atoms with Crippen LogP contribution < -0.4 is 0 Å². The van der Waals surface area contributed by atoms with E-state index in [0.717, 1.165) is 90.0 Å². The number of hydrogen-bond acceptors (Lipinski definition) is 21. The molecule has 516 valence electrons. The van der Waals surface area contributed by atoms with Gasteiger partial charge in [-0.3, -0.25) is 9.69 Å². The summed E-state index contributed by atoms with van der Waals surface area (Å²) >= 11 is 17.9. The lowest BCUT2D eigenvalue weighted by atomic mass is 10.0. The Labute approximate surface area is 573 Å². The van der Waals surface area contributed by atoms with Gasteiger partial charge < -0.3 is 33.3 Å². The average Bonchev–Trinajstić information content (AvgIpc) is 4.31. The van der Waals surface area contributed by atoms with Crippen LogP contribution in [0, 0.1) is 23.7 Å². The molecular weight excluding hydrogens is 1290 g/mol. The van der Waals surface area contributed by atoms with Gasteiger partial charge in [-0.05, 0) is 198 Å². The van der Waals surface area contributed by atoms with E-state index in [1.807, 2.05) is 49.1 Å². The summed E-state index contributed by atoms with van der Waals surface area (Å²) in [5.41, 5.74) is 0.0671. The molecule has 13 aliphatic heterocycles. The molecule has 0 radical (unpaired) electrons. The van der Waals surface area contributed by atoms with E-state index in [0.29, 0.717) is 11.9 Å². The maximum absolute atomic E-state index is 10.8. The first-order valence-electron chi connectivity index (χ1n) is 33.0. The number of carbonyl (C=O) groups excluding carboxylic acids is 2. The van der Waals surface area contributed by atoms with Crippen molar-refractivity contribution in [3.8, 4) is 0 Å². The molecule has 13 fully saturated rings. The van der Waals surface area contributed by atoms with Crippen molar-refractivity contribution in [2.75, 3.05) is 124 Å². The summed E-state index contributed by atoms with van der Waals surface area (Å²) in [7, 11) is 1.62. The summed E-state index contributed by atoms with van der Waals surface area (Å²) in [5.74, 6) is 17.5. The molecular formula is C65H126N2O10S10. The lowest BCUT2D eigenvalue weighted by molar-refractivity contribution is -0.143. The van der Waals surface area contributed by atoms with Crippen LogP contribution in [0.3, 0.4) is 0 Å². The number of rotatable bonds is 0. The van der Waals surface area contributed by atoms with Crippen LogP contribution in [0.5, 0.6) is 0 Å². The lowest BCUT2D eigenvalue weighted by Gasteiger charge is -2.18. The van der Waals surface area contributed by atoms with E-state index in [2.05, 4.69) is 156 Å². The van der Waals surface area contributed by atoms with Crippen LogP contribution in [0.4, 0.5) is 0 Å². The third-order valence-electron chi connectivity index (χ3n) is 15.4. The molecule has 0 aromatic rings. The summed E-state index contributed by atoms with van der Waals surface area (Å²) in [6, 6.07) is 0. The minimum atomic E-state index is -2.62. The first kappa shape index (κ1) is 86.4.